The van der Waals surface area contributed by atoms with Gasteiger partial charge in [0.05, 0.1) is 19.4 Å². The standard InChI is InChI=1S/C12H15NO5/c1-15-7-17-5-8-3-9-6-18-12(14)13-11(9)10(4-8)16-2/h3-4H,5-7H2,1-2H3,(H,13,14). The molecule has 1 N–H and O–H groups in total. The number of amides is 1. The van der Waals surface area contributed by atoms with E-state index < -0.39 is 6.09 Å². The molecule has 2 rings (SSSR count). The molecule has 0 bridgehead atoms. The summed E-state index contributed by atoms with van der Waals surface area (Å²) in [5, 5.41) is 2.62. The minimum absolute atomic E-state index is 0.229. The van der Waals surface area contributed by atoms with Gasteiger partial charge in [-0.25, -0.2) is 4.79 Å². The summed E-state index contributed by atoms with van der Waals surface area (Å²) in [4.78, 5) is 11.2. The van der Waals surface area contributed by atoms with Crippen molar-refractivity contribution >= 4 is 11.8 Å². The molecule has 0 unspecified atom stereocenters. The van der Waals surface area contributed by atoms with Crippen molar-refractivity contribution < 1.29 is 23.7 Å². The molecule has 98 valence electrons. The summed E-state index contributed by atoms with van der Waals surface area (Å²) in [6.07, 6.45) is -0.468. The first-order chi connectivity index (χ1) is 8.74. The van der Waals surface area contributed by atoms with Crippen LogP contribution in [-0.2, 0) is 27.4 Å². The maximum absolute atomic E-state index is 11.2. The fraction of sp³-hybridized carbons (Fsp3) is 0.417. The van der Waals surface area contributed by atoms with Crippen molar-refractivity contribution in [2.75, 3.05) is 26.3 Å². The molecule has 1 aliphatic rings. The van der Waals surface area contributed by atoms with Gasteiger partial charge in [0.1, 0.15) is 19.1 Å². The Morgan fingerprint density at radius 2 is 2.22 bits per heavy atom. The second-order valence-electron chi connectivity index (χ2n) is 3.79. The van der Waals surface area contributed by atoms with Gasteiger partial charge in [-0.05, 0) is 17.7 Å². The largest absolute Gasteiger partial charge is 0.495 e. The van der Waals surface area contributed by atoms with Crippen molar-refractivity contribution in [1.82, 2.24) is 0 Å². The van der Waals surface area contributed by atoms with E-state index in [9.17, 15) is 4.79 Å². The van der Waals surface area contributed by atoms with Gasteiger partial charge in [-0.3, -0.25) is 5.32 Å². The van der Waals surface area contributed by atoms with Crippen LogP contribution >= 0.6 is 0 Å². The normalized spacial score (nSPS) is 13.6. The molecule has 1 aromatic rings. The molecule has 0 radical (unpaired) electrons. The van der Waals surface area contributed by atoms with E-state index in [1.165, 1.54) is 0 Å². The number of hydrogen-bond acceptors (Lipinski definition) is 5. The van der Waals surface area contributed by atoms with Gasteiger partial charge in [-0.1, -0.05) is 0 Å². The Balaban J connectivity index is 2.22. The van der Waals surface area contributed by atoms with Crippen LogP contribution in [0, 0.1) is 0 Å². The lowest BCUT2D eigenvalue weighted by atomic mass is 10.1. The zero-order chi connectivity index (χ0) is 13.0. The van der Waals surface area contributed by atoms with Crippen LogP contribution in [0.2, 0.25) is 0 Å². The molecule has 0 aromatic heterocycles. The van der Waals surface area contributed by atoms with Crippen LogP contribution < -0.4 is 10.1 Å². The summed E-state index contributed by atoms with van der Waals surface area (Å²) in [7, 11) is 3.12. The smallest absolute Gasteiger partial charge is 0.412 e. The molecular formula is C12H15NO5. The second-order valence-corrected chi connectivity index (χ2v) is 3.79. The predicted molar refractivity (Wildman–Crippen MR) is 63.5 cm³/mol. The van der Waals surface area contributed by atoms with E-state index in [-0.39, 0.29) is 13.4 Å². The molecule has 6 nitrogen and oxygen atoms in total. The highest BCUT2D eigenvalue weighted by Crippen LogP contribution is 2.33. The Labute approximate surface area is 105 Å². The fourth-order valence-corrected chi connectivity index (χ4v) is 1.76. The highest BCUT2D eigenvalue weighted by molar-refractivity contribution is 5.90. The van der Waals surface area contributed by atoms with Crippen molar-refractivity contribution in [2.24, 2.45) is 0 Å². The summed E-state index contributed by atoms with van der Waals surface area (Å²) >= 11 is 0. The van der Waals surface area contributed by atoms with Gasteiger partial charge in [-0.2, -0.15) is 0 Å². The average Bonchev–Trinajstić information content (AvgIpc) is 2.38. The summed E-state index contributed by atoms with van der Waals surface area (Å²) in [5.74, 6) is 0.597. The van der Waals surface area contributed by atoms with E-state index in [0.717, 1.165) is 11.1 Å². The number of carbonyl (C=O) groups is 1. The lowest BCUT2D eigenvalue weighted by Crippen LogP contribution is -2.21. The van der Waals surface area contributed by atoms with Gasteiger partial charge in [0, 0.05) is 12.7 Å². The third-order valence-electron chi connectivity index (χ3n) is 2.52. The highest BCUT2D eigenvalue weighted by Gasteiger charge is 2.20. The average molecular weight is 253 g/mol. The molecule has 1 amide bonds. The van der Waals surface area contributed by atoms with Crippen LogP contribution in [0.5, 0.6) is 5.75 Å². The topological polar surface area (TPSA) is 66.0 Å². The molecular weight excluding hydrogens is 238 g/mol. The molecule has 0 spiro atoms. The third kappa shape index (κ3) is 2.72. The molecule has 18 heavy (non-hydrogen) atoms. The first kappa shape index (κ1) is 12.7. The van der Waals surface area contributed by atoms with E-state index >= 15 is 0 Å². The lowest BCUT2D eigenvalue weighted by Gasteiger charge is -2.21. The number of ether oxygens (including phenoxy) is 4. The van der Waals surface area contributed by atoms with Gasteiger partial charge >= 0.3 is 6.09 Å². The van der Waals surface area contributed by atoms with Crippen molar-refractivity contribution in [2.45, 2.75) is 13.2 Å². The predicted octanol–water partition coefficient (Wildman–Crippen LogP) is 1.88. The minimum atomic E-state index is -0.468. The lowest BCUT2D eigenvalue weighted by molar-refractivity contribution is -0.0391. The van der Waals surface area contributed by atoms with Crippen molar-refractivity contribution in [3.05, 3.63) is 23.3 Å². The van der Waals surface area contributed by atoms with E-state index in [1.807, 2.05) is 12.1 Å². The van der Waals surface area contributed by atoms with Crippen LogP contribution in [0.4, 0.5) is 10.5 Å². The Hall–Kier alpha value is -1.79. The molecule has 0 fully saturated rings. The molecule has 0 saturated heterocycles. The Kier molecular flexibility index (Phi) is 4.01. The van der Waals surface area contributed by atoms with Crippen LogP contribution in [-0.4, -0.2) is 27.1 Å². The fourth-order valence-electron chi connectivity index (χ4n) is 1.76. The number of anilines is 1. The van der Waals surface area contributed by atoms with Gasteiger partial charge in [0.15, 0.2) is 0 Å². The Bertz CT molecular complexity index is 429. The third-order valence-corrected chi connectivity index (χ3v) is 2.52. The maximum Gasteiger partial charge on any atom is 0.412 e. The molecule has 1 heterocycles. The van der Waals surface area contributed by atoms with Gasteiger partial charge < -0.3 is 18.9 Å². The zero-order valence-corrected chi connectivity index (χ0v) is 10.3. The van der Waals surface area contributed by atoms with Crippen molar-refractivity contribution in [3.63, 3.8) is 0 Å². The quantitative estimate of drug-likeness (QED) is 0.641. The molecule has 0 aliphatic carbocycles. The number of rotatable bonds is 5. The zero-order valence-electron chi connectivity index (χ0n) is 10.3. The van der Waals surface area contributed by atoms with Crippen molar-refractivity contribution in [1.29, 1.82) is 0 Å². The molecule has 6 heteroatoms. The van der Waals surface area contributed by atoms with Gasteiger partial charge in [-0.15, -0.1) is 0 Å². The number of nitrogens with one attached hydrogen (secondary N) is 1. The van der Waals surface area contributed by atoms with E-state index in [0.29, 0.717) is 18.0 Å². The van der Waals surface area contributed by atoms with Gasteiger partial charge in [0.2, 0.25) is 0 Å². The van der Waals surface area contributed by atoms with Crippen LogP contribution in [0.3, 0.4) is 0 Å². The Morgan fingerprint density at radius 1 is 1.39 bits per heavy atom. The van der Waals surface area contributed by atoms with E-state index in [2.05, 4.69) is 5.32 Å². The number of carbonyl (C=O) groups excluding carboxylic acids is 1. The Morgan fingerprint density at radius 3 is 2.94 bits per heavy atom. The summed E-state index contributed by atoms with van der Waals surface area (Å²) in [6, 6.07) is 3.73. The molecule has 0 saturated carbocycles. The van der Waals surface area contributed by atoms with E-state index in [1.54, 1.807) is 14.2 Å². The summed E-state index contributed by atoms with van der Waals surface area (Å²) < 4.78 is 20.3. The van der Waals surface area contributed by atoms with Gasteiger partial charge in [0.25, 0.3) is 0 Å². The minimum Gasteiger partial charge on any atom is -0.495 e. The van der Waals surface area contributed by atoms with Crippen LogP contribution in [0.25, 0.3) is 0 Å². The number of hydrogen-bond donors (Lipinski definition) is 1. The molecule has 0 atom stereocenters. The van der Waals surface area contributed by atoms with Crippen molar-refractivity contribution in [3.8, 4) is 5.75 Å². The number of benzene rings is 1. The number of fused-ring (bicyclic) bond motifs is 1. The van der Waals surface area contributed by atoms with Crippen LogP contribution in [0.1, 0.15) is 11.1 Å². The highest BCUT2D eigenvalue weighted by atomic mass is 16.7. The first-order valence-corrected chi connectivity index (χ1v) is 5.45. The van der Waals surface area contributed by atoms with E-state index in [4.69, 9.17) is 18.9 Å². The monoisotopic (exact) mass is 253 g/mol. The second kappa shape index (κ2) is 5.70. The molecule has 1 aromatic carbocycles. The number of cyclic esters (lactones) is 1. The maximum atomic E-state index is 11.2. The summed E-state index contributed by atoms with van der Waals surface area (Å²) in [6.45, 7) is 0.869. The first-order valence-electron chi connectivity index (χ1n) is 5.45. The SMILES string of the molecule is COCOCc1cc2c(c(OC)c1)NC(=O)OC2. The summed E-state index contributed by atoms with van der Waals surface area (Å²) in [5.41, 5.74) is 2.46. The molecule has 1 aliphatic heterocycles. The number of methoxy groups -OCH3 is 2. The van der Waals surface area contributed by atoms with Crippen LogP contribution in [0.15, 0.2) is 12.1 Å².